The van der Waals surface area contributed by atoms with Crippen LogP contribution in [0.4, 0.5) is 23.7 Å². The number of para-hydroxylation sites is 1. The third-order valence-corrected chi connectivity index (χ3v) is 8.87. The normalized spacial score (nSPS) is 16.7. The molecule has 0 spiro atoms. The van der Waals surface area contributed by atoms with E-state index in [0.29, 0.717) is 23.2 Å². The Balaban J connectivity index is 1.16. The molecule has 0 bridgehead atoms. The molecule has 6 rings (SSSR count). The molecule has 2 aromatic heterocycles. The molecule has 40 heavy (non-hydrogen) atoms. The van der Waals surface area contributed by atoms with Crippen LogP contribution in [0.25, 0.3) is 10.2 Å². The molecule has 1 N–H and O–H groups in total. The number of urea groups is 1. The summed E-state index contributed by atoms with van der Waals surface area (Å²) in [6.45, 7) is 3.20. The predicted molar refractivity (Wildman–Crippen MR) is 148 cm³/mol. The van der Waals surface area contributed by atoms with Gasteiger partial charge >= 0.3 is 12.2 Å². The zero-order chi connectivity index (χ0) is 27.9. The molecular weight excluding hydrogens is 539 g/mol. The number of alkyl halides is 3. The summed E-state index contributed by atoms with van der Waals surface area (Å²) in [5.41, 5.74) is 0.951. The van der Waals surface area contributed by atoms with Crippen LogP contribution in [0, 0.1) is 0 Å². The van der Waals surface area contributed by atoms with Crippen molar-refractivity contribution in [2.45, 2.75) is 44.6 Å². The van der Waals surface area contributed by atoms with Gasteiger partial charge in [0.1, 0.15) is 4.83 Å². The summed E-state index contributed by atoms with van der Waals surface area (Å²) in [7, 11) is 0. The molecule has 11 heteroatoms. The second-order valence-corrected chi connectivity index (χ2v) is 11.4. The van der Waals surface area contributed by atoms with E-state index >= 15 is 0 Å². The van der Waals surface area contributed by atoms with Crippen LogP contribution in [0.5, 0.6) is 0 Å². The Hall–Kier alpha value is -3.70. The molecule has 7 nitrogen and oxygen atoms in total. The first-order valence-corrected chi connectivity index (χ1v) is 14.1. The van der Waals surface area contributed by atoms with E-state index in [1.807, 2.05) is 18.2 Å². The second kappa shape index (κ2) is 10.7. The van der Waals surface area contributed by atoms with Crippen LogP contribution in [0.3, 0.4) is 0 Å². The minimum atomic E-state index is -4.57. The number of benzene rings is 2. The minimum Gasteiger partial charge on any atom is -0.319 e. The van der Waals surface area contributed by atoms with Crippen molar-refractivity contribution in [1.82, 2.24) is 19.4 Å². The van der Waals surface area contributed by atoms with Crippen LogP contribution >= 0.6 is 11.3 Å². The van der Waals surface area contributed by atoms with Gasteiger partial charge in [0.15, 0.2) is 0 Å². The van der Waals surface area contributed by atoms with E-state index in [9.17, 15) is 22.8 Å². The van der Waals surface area contributed by atoms with Gasteiger partial charge in [-0.15, -0.1) is 11.3 Å². The van der Waals surface area contributed by atoms with Crippen LogP contribution in [0.2, 0.25) is 0 Å². The Morgan fingerprint density at radius 2 is 1.75 bits per heavy atom. The highest BCUT2D eigenvalue weighted by molar-refractivity contribution is 7.18. The van der Waals surface area contributed by atoms with Gasteiger partial charge in [0.25, 0.3) is 5.56 Å². The summed E-state index contributed by atoms with van der Waals surface area (Å²) in [4.78, 5) is 36.5. The number of amides is 2. The van der Waals surface area contributed by atoms with E-state index in [2.05, 4.69) is 27.3 Å². The molecular formula is C29H28F3N5O2S. The summed E-state index contributed by atoms with van der Waals surface area (Å²) in [5, 5.41) is 3.03. The average molecular weight is 568 g/mol. The monoisotopic (exact) mass is 567 g/mol. The Kier molecular flexibility index (Phi) is 7.09. The van der Waals surface area contributed by atoms with Crippen molar-refractivity contribution < 1.29 is 18.0 Å². The number of nitrogens with zero attached hydrogens (tertiary/aromatic N) is 4. The zero-order valence-electron chi connectivity index (χ0n) is 21.7. The van der Waals surface area contributed by atoms with Crippen molar-refractivity contribution in [3.8, 4) is 0 Å². The van der Waals surface area contributed by atoms with E-state index in [4.69, 9.17) is 0 Å². The summed E-state index contributed by atoms with van der Waals surface area (Å²) in [6, 6.07) is 14.8. The van der Waals surface area contributed by atoms with Gasteiger partial charge in [0.2, 0.25) is 0 Å². The predicted octanol–water partition coefficient (Wildman–Crippen LogP) is 5.90. The first-order valence-electron chi connectivity index (χ1n) is 13.3. The maximum atomic E-state index is 13.6. The number of nitrogens with one attached hydrogen (secondary N) is 1. The fraction of sp³-hybridized carbons (Fsp3) is 0.345. The smallest absolute Gasteiger partial charge is 0.319 e. The van der Waals surface area contributed by atoms with Crippen LogP contribution < -0.4 is 10.9 Å². The third kappa shape index (κ3) is 5.23. The SMILES string of the molecule is O=C(Nc1ccccc1C(F)(F)F)N1CCc2c(sc3ncn(C4CCN(Cc5ccccc5)CC4)c(=O)c23)C1. The lowest BCUT2D eigenvalue weighted by molar-refractivity contribution is -0.136. The quantitative estimate of drug-likeness (QED) is 0.333. The van der Waals surface area contributed by atoms with E-state index in [1.165, 1.54) is 40.0 Å². The number of halogens is 3. The van der Waals surface area contributed by atoms with Crippen LogP contribution in [-0.2, 0) is 25.7 Å². The highest BCUT2D eigenvalue weighted by Gasteiger charge is 2.34. The molecule has 1 saturated heterocycles. The molecule has 0 unspecified atom stereocenters. The fourth-order valence-electron chi connectivity index (χ4n) is 5.66. The molecule has 208 valence electrons. The number of anilines is 1. The molecule has 2 aliphatic rings. The maximum absolute atomic E-state index is 13.6. The maximum Gasteiger partial charge on any atom is 0.418 e. The summed E-state index contributed by atoms with van der Waals surface area (Å²) in [6.07, 6.45) is -0.767. The lowest BCUT2D eigenvalue weighted by atomic mass is 10.0. The molecule has 0 aliphatic carbocycles. The first-order chi connectivity index (χ1) is 19.3. The highest BCUT2D eigenvalue weighted by Crippen LogP contribution is 2.36. The number of aromatic nitrogens is 2. The average Bonchev–Trinajstić information content (AvgIpc) is 3.33. The summed E-state index contributed by atoms with van der Waals surface area (Å²) in [5.74, 6) is 0. The van der Waals surface area contributed by atoms with Crippen molar-refractivity contribution in [2.24, 2.45) is 0 Å². The molecule has 0 atom stereocenters. The number of fused-ring (bicyclic) bond motifs is 3. The van der Waals surface area contributed by atoms with E-state index in [0.717, 1.165) is 49.0 Å². The Morgan fingerprint density at radius 1 is 1.02 bits per heavy atom. The lowest BCUT2D eigenvalue weighted by Crippen LogP contribution is -2.39. The van der Waals surface area contributed by atoms with Gasteiger partial charge in [0, 0.05) is 37.1 Å². The topological polar surface area (TPSA) is 70.5 Å². The number of rotatable bonds is 4. The molecule has 2 aliphatic heterocycles. The third-order valence-electron chi connectivity index (χ3n) is 7.75. The number of carbonyl (C=O) groups excluding carboxylic acids is 1. The van der Waals surface area contributed by atoms with Crippen molar-refractivity contribution >= 4 is 33.3 Å². The molecule has 0 saturated carbocycles. The Morgan fingerprint density at radius 3 is 2.50 bits per heavy atom. The van der Waals surface area contributed by atoms with Gasteiger partial charge in [-0.25, -0.2) is 9.78 Å². The van der Waals surface area contributed by atoms with Gasteiger partial charge in [-0.3, -0.25) is 14.3 Å². The molecule has 2 aromatic carbocycles. The number of carbonyl (C=O) groups is 1. The number of hydrogen-bond acceptors (Lipinski definition) is 5. The molecule has 1 fully saturated rings. The highest BCUT2D eigenvalue weighted by atomic mass is 32.1. The number of hydrogen-bond donors (Lipinski definition) is 1. The van der Waals surface area contributed by atoms with Crippen LogP contribution in [0.15, 0.2) is 65.7 Å². The molecule has 4 aromatic rings. The number of thiophene rings is 1. The van der Waals surface area contributed by atoms with Crippen molar-refractivity contribution in [3.63, 3.8) is 0 Å². The van der Waals surface area contributed by atoms with E-state index in [-0.39, 0.29) is 23.8 Å². The molecule has 4 heterocycles. The van der Waals surface area contributed by atoms with E-state index < -0.39 is 17.8 Å². The standard InChI is InChI=1S/C29H28F3N5O2S/c30-29(31,32)22-8-4-5-9-23(22)34-28(39)36-15-12-21-24(17-36)40-26-25(21)27(38)37(18-33-26)20-10-13-35(14-11-20)16-19-6-2-1-3-7-19/h1-9,18,20H,10-17H2,(H,34,39). The van der Waals surface area contributed by atoms with E-state index in [1.54, 1.807) is 10.9 Å². The second-order valence-electron chi connectivity index (χ2n) is 10.3. The van der Waals surface area contributed by atoms with Crippen molar-refractivity contribution in [3.05, 3.63) is 92.8 Å². The largest absolute Gasteiger partial charge is 0.418 e. The van der Waals surface area contributed by atoms with Gasteiger partial charge in [-0.2, -0.15) is 13.2 Å². The molecule has 0 radical (unpaired) electrons. The lowest BCUT2D eigenvalue weighted by Gasteiger charge is -2.32. The zero-order valence-corrected chi connectivity index (χ0v) is 22.5. The minimum absolute atomic E-state index is 0.0546. The Labute approximate surface area is 232 Å². The summed E-state index contributed by atoms with van der Waals surface area (Å²) >= 11 is 1.37. The number of likely N-dealkylation sites (tertiary alicyclic amines) is 1. The van der Waals surface area contributed by atoms with Gasteiger partial charge in [-0.05, 0) is 42.5 Å². The van der Waals surface area contributed by atoms with Crippen LogP contribution in [0.1, 0.15) is 40.5 Å². The van der Waals surface area contributed by atoms with Crippen molar-refractivity contribution in [2.75, 3.05) is 25.0 Å². The fourth-order valence-corrected chi connectivity index (χ4v) is 6.85. The Bertz CT molecular complexity index is 1590. The first kappa shape index (κ1) is 26.5. The van der Waals surface area contributed by atoms with Gasteiger partial charge in [0.05, 0.1) is 29.5 Å². The van der Waals surface area contributed by atoms with Crippen LogP contribution in [-0.4, -0.2) is 45.0 Å². The van der Waals surface area contributed by atoms with Gasteiger partial charge < -0.3 is 10.2 Å². The van der Waals surface area contributed by atoms with Gasteiger partial charge in [-0.1, -0.05) is 42.5 Å². The number of piperidine rings is 1. The molecule has 2 amide bonds. The summed E-state index contributed by atoms with van der Waals surface area (Å²) < 4.78 is 41.9. The van der Waals surface area contributed by atoms with Crippen molar-refractivity contribution in [1.29, 1.82) is 0 Å².